The maximum atomic E-state index is 12.9. The lowest BCUT2D eigenvalue weighted by atomic mass is 9.98. The van der Waals surface area contributed by atoms with E-state index in [9.17, 15) is 9.59 Å². The van der Waals surface area contributed by atoms with E-state index < -0.39 is 0 Å². The highest BCUT2D eigenvalue weighted by molar-refractivity contribution is 6.35. The molecule has 23 heavy (non-hydrogen) atoms. The van der Waals surface area contributed by atoms with Crippen LogP contribution in [0, 0.1) is 5.92 Å². The first-order valence-electron chi connectivity index (χ1n) is 8.54. The van der Waals surface area contributed by atoms with Crippen molar-refractivity contribution in [2.45, 2.75) is 33.1 Å². The number of carbonyl (C=O) groups excluding carboxylic acids is 2. The Balaban J connectivity index is 2.05. The molecule has 1 unspecified atom stereocenters. The second-order valence-electron chi connectivity index (χ2n) is 6.54. The third kappa shape index (κ3) is 2.90. The van der Waals surface area contributed by atoms with Crippen molar-refractivity contribution in [1.29, 1.82) is 0 Å². The predicted molar refractivity (Wildman–Crippen MR) is 90.3 cm³/mol. The van der Waals surface area contributed by atoms with E-state index >= 15 is 0 Å². The molecule has 122 valence electrons. The summed E-state index contributed by atoms with van der Waals surface area (Å²) in [6.45, 7) is 6.39. The monoisotopic (exact) mass is 312 g/mol. The molecular formula is C19H24N2O2. The molecule has 1 fully saturated rings. The number of amides is 2. The van der Waals surface area contributed by atoms with Crippen molar-refractivity contribution < 1.29 is 9.59 Å². The SMILES string of the molecule is CCCN1C(=O)C(c2ccccc2)=C(N2CCCC(C)C2)C1=O. The number of carbonyl (C=O) groups is 2. The van der Waals surface area contributed by atoms with Crippen molar-refractivity contribution in [2.75, 3.05) is 19.6 Å². The lowest BCUT2D eigenvalue weighted by Crippen LogP contribution is -2.39. The molecule has 0 radical (unpaired) electrons. The number of imide groups is 1. The standard InChI is InChI=1S/C19H24N2O2/c1-3-11-21-18(22)16(15-9-5-4-6-10-15)17(19(21)23)20-12-7-8-14(2)13-20/h4-6,9-10,14H,3,7-8,11-13H2,1-2H3. The first kappa shape index (κ1) is 15.8. The van der Waals surface area contributed by atoms with Crippen molar-refractivity contribution in [3.63, 3.8) is 0 Å². The molecule has 2 heterocycles. The van der Waals surface area contributed by atoms with Gasteiger partial charge in [0.2, 0.25) is 0 Å². The predicted octanol–water partition coefficient (Wildman–Crippen LogP) is 2.91. The Labute approximate surface area is 137 Å². The molecule has 2 amide bonds. The molecule has 1 atom stereocenters. The molecule has 2 aliphatic rings. The second-order valence-corrected chi connectivity index (χ2v) is 6.54. The largest absolute Gasteiger partial charge is 0.366 e. The van der Waals surface area contributed by atoms with Crippen molar-refractivity contribution in [3.05, 3.63) is 41.6 Å². The molecule has 4 heteroatoms. The van der Waals surface area contributed by atoms with Gasteiger partial charge in [-0.05, 0) is 30.7 Å². The van der Waals surface area contributed by atoms with E-state index in [0.29, 0.717) is 23.7 Å². The van der Waals surface area contributed by atoms with E-state index in [1.54, 1.807) is 0 Å². The van der Waals surface area contributed by atoms with Gasteiger partial charge in [-0.15, -0.1) is 0 Å². The maximum Gasteiger partial charge on any atom is 0.277 e. The van der Waals surface area contributed by atoms with Gasteiger partial charge in [0.05, 0.1) is 5.57 Å². The lowest BCUT2D eigenvalue weighted by Gasteiger charge is -2.33. The third-order valence-corrected chi connectivity index (χ3v) is 4.63. The summed E-state index contributed by atoms with van der Waals surface area (Å²) in [6.07, 6.45) is 3.04. The number of benzene rings is 1. The summed E-state index contributed by atoms with van der Waals surface area (Å²) in [7, 11) is 0. The van der Waals surface area contributed by atoms with Gasteiger partial charge in [0.15, 0.2) is 0 Å². The van der Waals surface area contributed by atoms with E-state index in [2.05, 4.69) is 11.8 Å². The first-order chi connectivity index (χ1) is 11.1. The fraction of sp³-hybridized carbons (Fsp3) is 0.474. The van der Waals surface area contributed by atoms with Crippen LogP contribution in [-0.4, -0.2) is 41.2 Å². The van der Waals surface area contributed by atoms with Crippen LogP contribution in [-0.2, 0) is 9.59 Å². The van der Waals surface area contributed by atoms with Crippen molar-refractivity contribution in [3.8, 4) is 0 Å². The zero-order chi connectivity index (χ0) is 16.4. The molecule has 0 N–H and O–H groups in total. The Kier molecular flexibility index (Phi) is 4.51. The van der Waals surface area contributed by atoms with Gasteiger partial charge in [-0.25, -0.2) is 0 Å². The summed E-state index contributed by atoms with van der Waals surface area (Å²) in [5.74, 6) is 0.289. The highest BCUT2D eigenvalue weighted by Crippen LogP contribution is 2.33. The van der Waals surface area contributed by atoms with Crippen LogP contribution in [0.2, 0.25) is 0 Å². The third-order valence-electron chi connectivity index (χ3n) is 4.63. The zero-order valence-corrected chi connectivity index (χ0v) is 13.9. The highest BCUT2D eigenvalue weighted by atomic mass is 16.2. The number of likely N-dealkylation sites (tertiary alicyclic amines) is 1. The molecule has 1 saturated heterocycles. The van der Waals surface area contributed by atoms with Crippen LogP contribution in [0.15, 0.2) is 36.0 Å². The average Bonchev–Trinajstić information content (AvgIpc) is 2.80. The summed E-state index contributed by atoms with van der Waals surface area (Å²) >= 11 is 0. The number of piperidine rings is 1. The van der Waals surface area contributed by atoms with Crippen molar-refractivity contribution >= 4 is 17.4 Å². The fourth-order valence-corrected chi connectivity index (χ4v) is 3.54. The normalized spacial score (nSPS) is 22.3. The molecule has 2 aliphatic heterocycles. The maximum absolute atomic E-state index is 12.9. The van der Waals surface area contributed by atoms with Gasteiger partial charge < -0.3 is 4.90 Å². The van der Waals surface area contributed by atoms with Crippen LogP contribution in [0.25, 0.3) is 5.57 Å². The smallest absolute Gasteiger partial charge is 0.277 e. The van der Waals surface area contributed by atoms with Crippen molar-refractivity contribution in [2.24, 2.45) is 5.92 Å². The van der Waals surface area contributed by atoms with Gasteiger partial charge in [0.1, 0.15) is 5.70 Å². The van der Waals surface area contributed by atoms with Crippen LogP contribution < -0.4 is 0 Å². The van der Waals surface area contributed by atoms with Gasteiger partial charge in [-0.2, -0.15) is 0 Å². The Morgan fingerprint density at radius 3 is 2.52 bits per heavy atom. The van der Waals surface area contributed by atoms with Crippen molar-refractivity contribution in [1.82, 2.24) is 9.80 Å². The molecule has 1 aromatic carbocycles. The Hall–Kier alpha value is -2.10. The summed E-state index contributed by atoms with van der Waals surface area (Å²) < 4.78 is 0. The first-order valence-corrected chi connectivity index (χ1v) is 8.54. The van der Waals surface area contributed by atoms with Crippen LogP contribution >= 0.6 is 0 Å². The number of rotatable bonds is 4. The van der Waals surface area contributed by atoms with Gasteiger partial charge in [0, 0.05) is 19.6 Å². The molecule has 0 spiro atoms. The fourth-order valence-electron chi connectivity index (χ4n) is 3.54. The second kappa shape index (κ2) is 6.57. The van der Waals surface area contributed by atoms with E-state index in [1.807, 2.05) is 37.3 Å². The number of hydrogen-bond acceptors (Lipinski definition) is 3. The van der Waals surface area contributed by atoms with E-state index in [-0.39, 0.29) is 11.8 Å². The average molecular weight is 312 g/mol. The lowest BCUT2D eigenvalue weighted by molar-refractivity contribution is -0.137. The van der Waals surface area contributed by atoms with Gasteiger partial charge in [0.25, 0.3) is 11.8 Å². The Bertz CT molecular complexity index is 636. The van der Waals surface area contributed by atoms with Crippen LogP contribution in [0.5, 0.6) is 0 Å². The van der Waals surface area contributed by atoms with Gasteiger partial charge in [-0.3, -0.25) is 14.5 Å². The number of hydrogen-bond donors (Lipinski definition) is 0. The minimum Gasteiger partial charge on any atom is -0.366 e. The Morgan fingerprint density at radius 1 is 1.13 bits per heavy atom. The van der Waals surface area contributed by atoms with Crippen LogP contribution in [0.1, 0.15) is 38.7 Å². The van der Waals surface area contributed by atoms with Gasteiger partial charge >= 0.3 is 0 Å². The quantitative estimate of drug-likeness (QED) is 0.803. The topological polar surface area (TPSA) is 40.6 Å². The summed E-state index contributed by atoms with van der Waals surface area (Å²) in [4.78, 5) is 29.3. The molecule has 3 rings (SSSR count). The minimum absolute atomic E-state index is 0.121. The molecular weight excluding hydrogens is 288 g/mol. The van der Waals surface area contributed by atoms with Crippen LogP contribution in [0.4, 0.5) is 0 Å². The Morgan fingerprint density at radius 2 is 1.87 bits per heavy atom. The summed E-state index contributed by atoms with van der Waals surface area (Å²) in [5, 5.41) is 0. The molecule has 0 bridgehead atoms. The number of nitrogens with zero attached hydrogens (tertiary/aromatic N) is 2. The molecule has 1 aromatic rings. The van der Waals surface area contributed by atoms with Crippen LogP contribution in [0.3, 0.4) is 0 Å². The van der Waals surface area contributed by atoms with Gasteiger partial charge in [-0.1, -0.05) is 44.2 Å². The summed E-state index contributed by atoms with van der Waals surface area (Å²) in [6, 6.07) is 9.60. The molecule has 0 saturated carbocycles. The zero-order valence-electron chi connectivity index (χ0n) is 13.9. The van der Waals surface area contributed by atoms with E-state index in [1.165, 1.54) is 11.3 Å². The molecule has 0 aromatic heterocycles. The summed E-state index contributed by atoms with van der Waals surface area (Å²) in [5.41, 5.74) is 2.04. The van der Waals surface area contributed by atoms with E-state index in [4.69, 9.17) is 0 Å². The molecule has 4 nitrogen and oxygen atoms in total. The van der Waals surface area contributed by atoms with E-state index in [0.717, 1.165) is 31.5 Å². The highest BCUT2D eigenvalue weighted by Gasteiger charge is 2.41. The molecule has 0 aliphatic carbocycles. The minimum atomic E-state index is -0.142.